The average molecular weight is 169 g/mol. The summed E-state index contributed by atoms with van der Waals surface area (Å²) in [5, 5.41) is 4.70. The van der Waals surface area contributed by atoms with Crippen molar-refractivity contribution in [2.24, 2.45) is 0 Å². The Bertz CT molecular complexity index is 151. The maximum absolute atomic E-state index is 9.93. The van der Waals surface area contributed by atoms with Gasteiger partial charge in [-0.2, -0.15) is 6.20 Å². The van der Waals surface area contributed by atoms with Crippen LogP contribution in [0.4, 0.5) is 0 Å². The molecule has 1 heterocycles. The van der Waals surface area contributed by atoms with E-state index in [4.69, 9.17) is 0 Å². The number of hydrogen-bond donors (Lipinski definition) is 2. The van der Waals surface area contributed by atoms with Crippen LogP contribution in [0.25, 0.3) is 0 Å². The minimum absolute atomic E-state index is 0. The van der Waals surface area contributed by atoms with Crippen molar-refractivity contribution in [3.05, 3.63) is 22.6 Å². The van der Waals surface area contributed by atoms with Gasteiger partial charge < -0.3 is 21.1 Å². The van der Waals surface area contributed by atoms with Gasteiger partial charge in [-0.15, -0.1) is 0 Å². The normalized spacial score (nSPS) is 7.43. The summed E-state index contributed by atoms with van der Waals surface area (Å²) in [7, 11) is 0. The Morgan fingerprint density at radius 2 is 2.43 bits per heavy atom. The van der Waals surface area contributed by atoms with Gasteiger partial charge in [0.2, 0.25) is 0 Å². The molecule has 0 aliphatic carbocycles. The maximum atomic E-state index is 9.93. The Balaban J connectivity index is 0.000000360. The Morgan fingerprint density at radius 1 is 1.71 bits per heavy atom. The smallest absolute Gasteiger partial charge is 0.384 e. The van der Waals surface area contributed by atoms with E-state index in [2.05, 4.69) is 16.3 Å². The first-order valence-corrected chi connectivity index (χ1v) is 1.53. The molecule has 0 unspecified atom stereocenters. The van der Waals surface area contributed by atoms with Crippen LogP contribution in [0.2, 0.25) is 0 Å². The Kier molecular flexibility index (Phi) is 4.21. The molecular formula is C3H3N2ORb. The van der Waals surface area contributed by atoms with Gasteiger partial charge in [-0.3, -0.25) is 0 Å². The molecule has 7 heavy (non-hydrogen) atoms. The number of H-pyrrole nitrogens is 2. The van der Waals surface area contributed by atoms with E-state index >= 15 is 0 Å². The van der Waals surface area contributed by atoms with E-state index in [9.17, 15) is 4.79 Å². The van der Waals surface area contributed by atoms with Crippen molar-refractivity contribution in [1.82, 2.24) is 10.2 Å². The summed E-state index contributed by atoms with van der Waals surface area (Å²) >= 11 is 0. The SMILES string of the molecule is O=c1[c-]c[nH][nH]1.[Rb+]. The molecule has 32 valence electrons. The first kappa shape index (κ1) is 7.82. The summed E-state index contributed by atoms with van der Waals surface area (Å²) in [5.74, 6) is 0. The van der Waals surface area contributed by atoms with Crippen LogP contribution in [-0.2, 0) is 0 Å². The topological polar surface area (TPSA) is 48.6 Å². The number of aromatic nitrogens is 2. The fourth-order valence-electron chi connectivity index (χ4n) is 0.239. The summed E-state index contributed by atoms with van der Waals surface area (Å²) in [6.45, 7) is 0. The van der Waals surface area contributed by atoms with Crippen molar-refractivity contribution in [3.63, 3.8) is 0 Å². The second-order valence-corrected chi connectivity index (χ2v) is 0.887. The first-order valence-electron chi connectivity index (χ1n) is 1.53. The van der Waals surface area contributed by atoms with Gasteiger partial charge in [0.1, 0.15) is 0 Å². The van der Waals surface area contributed by atoms with Crippen molar-refractivity contribution in [2.45, 2.75) is 0 Å². The standard InChI is InChI=1S/C3H3N2O.Rb/c6-3-1-2-4-5-3;/h2H,(H2,4,5,6);/q-1;+1. The van der Waals surface area contributed by atoms with E-state index < -0.39 is 0 Å². The molecular weight excluding hydrogens is 166 g/mol. The molecule has 1 rings (SSSR count). The van der Waals surface area contributed by atoms with Crippen LogP contribution < -0.4 is 63.7 Å². The van der Waals surface area contributed by atoms with Crippen molar-refractivity contribution in [3.8, 4) is 0 Å². The third kappa shape index (κ3) is 2.59. The van der Waals surface area contributed by atoms with Crippen molar-refractivity contribution < 1.29 is 58.2 Å². The van der Waals surface area contributed by atoms with Gasteiger partial charge in [0.15, 0.2) is 0 Å². The monoisotopic (exact) mass is 168 g/mol. The second-order valence-electron chi connectivity index (χ2n) is 0.887. The minimum atomic E-state index is -0.213. The van der Waals surface area contributed by atoms with E-state index in [1.807, 2.05) is 0 Å². The molecule has 2 N–H and O–H groups in total. The summed E-state index contributed by atoms with van der Waals surface area (Å²) < 4.78 is 0. The largest absolute Gasteiger partial charge is 1.00 e. The van der Waals surface area contributed by atoms with Gasteiger partial charge in [-0.1, -0.05) is 0 Å². The van der Waals surface area contributed by atoms with Crippen molar-refractivity contribution in [1.29, 1.82) is 0 Å². The molecule has 0 amide bonds. The molecule has 4 heteroatoms. The zero-order valence-corrected chi connectivity index (χ0v) is 8.90. The molecule has 0 saturated carbocycles. The second kappa shape index (κ2) is 3.77. The van der Waals surface area contributed by atoms with Crippen LogP contribution in [0, 0.1) is 6.07 Å². The minimum Gasteiger partial charge on any atom is -0.384 e. The van der Waals surface area contributed by atoms with Crippen LogP contribution in [0.1, 0.15) is 0 Å². The van der Waals surface area contributed by atoms with Gasteiger partial charge in [0.25, 0.3) is 0 Å². The predicted molar refractivity (Wildman–Crippen MR) is 20.2 cm³/mol. The van der Waals surface area contributed by atoms with Gasteiger partial charge in [-0.25, -0.2) is 0 Å². The third-order valence-corrected chi connectivity index (χ3v) is 0.461. The van der Waals surface area contributed by atoms with E-state index in [-0.39, 0.29) is 63.7 Å². The molecule has 0 aliphatic rings. The quantitative estimate of drug-likeness (QED) is 0.388. The van der Waals surface area contributed by atoms with Crippen LogP contribution >= 0.6 is 0 Å². The Morgan fingerprint density at radius 3 is 2.57 bits per heavy atom. The van der Waals surface area contributed by atoms with E-state index in [0.717, 1.165) is 0 Å². The molecule has 0 saturated heterocycles. The zero-order chi connectivity index (χ0) is 4.41. The first-order chi connectivity index (χ1) is 2.89. The Hall–Kier alpha value is 0.815. The zero-order valence-electron chi connectivity index (χ0n) is 3.99. The summed E-state index contributed by atoms with van der Waals surface area (Å²) in [6.07, 6.45) is 1.42. The Labute approximate surface area is 89.3 Å². The number of nitrogens with one attached hydrogen (secondary N) is 2. The fourth-order valence-corrected chi connectivity index (χ4v) is 0.239. The van der Waals surface area contributed by atoms with Gasteiger partial charge in [0.05, 0.1) is 5.56 Å². The molecule has 0 spiro atoms. The molecule has 0 aliphatic heterocycles. The van der Waals surface area contributed by atoms with Crippen LogP contribution in [0.15, 0.2) is 11.0 Å². The van der Waals surface area contributed by atoms with Crippen molar-refractivity contribution in [2.75, 3.05) is 0 Å². The molecule has 1 aromatic heterocycles. The van der Waals surface area contributed by atoms with Crippen molar-refractivity contribution >= 4 is 0 Å². The number of aromatic amines is 2. The predicted octanol–water partition coefficient (Wildman–Crippen LogP) is -3.49. The number of rotatable bonds is 0. The van der Waals surface area contributed by atoms with Gasteiger partial charge >= 0.3 is 58.2 Å². The van der Waals surface area contributed by atoms with Crippen LogP contribution in [0.3, 0.4) is 0 Å². The van der Waals surface area contributed by atoms with Gasteiger partial charge in [-0.05, 0) is 0 Å². The number of hydrogen-bond acceptors (Lipinski definition) is 1. The van der Waals surface area contributed by atoms with E-state index in [1.165, 1.54) is 6.20 Å². The van der Waals surface area contributed by atoms with E-state index in [1.54, 1.807) is 0 Å². The third-order valence-electron chi connectivity index (χ3n) is 0.461. The summed E-state index contributed by atoms with van der Waals surface area (Å²) in [6, 6.07) is 2.33. The molecule has 0 bridgehead atoms. The molecule has 0 atom stereocenters. The maximum Gasteiger partial charge on any atom is 1.00 e. The van der Waals surface area contributed by atoms with Crippen LogP contribution in [0.5, 0.6) is 0 Å². The molecule has 0 aromatic carbocycles. The molecule has 0 radical (unpaired) electrons. The molecule has 3 nitrogen and oxygen atoms in total. The van der Waals surface area contributed by atoms with Crippen LogP contribution in [-0.4, -0.2) is 10.2 Å². The fraction of sp³-hybridized carbons (Fsp3) is 0. The average Bonchev–Trinajstić information content (AvgIpc) is 1.86. The molecule has 0 fully saturated rings. The summed E-state index contributed by atoms with van der Waals surface area (Å²) in [4.78, 5) is 9.93. The van der Waals surface area contributed by atoms with Gasteiger partial charge in [0, 0.05) is 0 Å². The molecule has 1 aromatic rings. The summed E-state index contributed by atoms with van der Waals surface area (Å²) in [5.41, 5.74) is -0.213. The van der Waals surface area contributed by atoms with E-state index in [0.29, 0.717) is 0 Å².